The Morgan fingerprint density at radius 2 is 1.76 bits per heavy atom. The average molecular weight is 231 g/mol. The molecule has 0 bridgehead atoms. The lowest BCUT2D eigenvalue weighted by atomic mass is 9.94. The molecule has 17 heavy (non-hydrogen) atoms. The molecule has 1 aliphatic rings. The van der Waals surface area contributed by atoms with Crippen LogP contribution < -0.4 is 5.32 Å². The lowest BCUT2D eigenvalue weighted by Gasteiger charge is -2.25. The summed E-state index contributed by atoms with van der Waals surface area (Å²) in [6.07, 6.45) is 2.77. The maximum atomic E-state index is 3.76. The van der Waals surface area contributed by atoms with Crippen molar-refractivity contribution in [2.45, 2.75) is 46.6 Å². The van der Waals surface area contributed by atoms with E-state index < -0.39 is 0 Å². The third-order valence-corrected chi connectivity index (χ3v) is 3.38. The Kier molecular flexibility index (Phi) is 3.58. The molecule has 1 N–H and O–H groups in total. The Morgan fingerprint density at radius 3 is 2.24 bits per heavy atom. The monoisotopic (exact) mass is 231 g/mol. The molecule has 0 saturated heterocycles. The largest absolute Gasteiger partial charge is 0.309 e. The van der Waals surface area contributed by atoms with Crippen LogP contribution >= 0.6 is 0 Å². The fraction of sp³-hybridized carbons (Fsp3) is 0.625. The SMILES string of the molecule is Cc1ccc(C(NCC(C)(C)C)C2CC2)cc1. The highest BCUT2D eigenvalue weighted by Gasteiger charge is 2.32. The first-order valence-electron chi connectivity index (χ1n) is 6.76. The van der Waals surface area contributed by atoms with E-state index in [0.29, 0.717) is 11.5 Å². The summed E-state index contributed by atoms with van der Waals surface area (Å²) in [4.78, 5) is 0. The zero-order valence-corrected chi connectivity index (χ0v) is 11.6. The van der Waals surface area contributed by atoms with Crippen molar-refractivity contribution in [3.63, 3.8) is 0 Å². The highest BCUT2D eigenvalue weighted by Crippen LogP contribution is 2.41. The van der Waals surface area contributed by atoms with Gasteiger partial charge in [-0.1, -0.05) is 50.6 Å². The number of benzene rings is 1. The second-order valence-electron chi connectivity index (χ2n) is 6.67. The molecule has 1 unspecified atom stereocenters. The lowest BCUT2D eigenvalue weighted by Crippen LogP contribution is -2.31. The Hall–Kier alpha value is -0.820. The molecular formula is C16H25N. The molecule has 0 aromatic heterocycles. The molecule has 0 amide bonds. The number of rotatable bonds is 4. The summed E-state index contributed by atoms with van der Waals surface area (Å²) in [5, 5.41) is 3.76. The second-order valence-corrected chi connectivity index (χ2v) is 6.67. The van der Waals surface area contributed by atoms with Crippen molar-refractivity contribution >= 4 is 0 Å². The fourth-order valence-corrected chi connectivity index (χ4v) is 2.18. The second kappa shape index (κ2) is 4.81. The van der Waals surface area contributed by atoms with Crippen molar-refractivity contribution in [1.82, 2.24) is 5.32 Å². The van der Waals surface area contributed by atoms with Crippen molar-refractivity contribution in [3.05, 3.63) is 35.4 Å². The number of nitrogens with one attached hydrogen (secondary N) is 1. The van der Waals surface area contributed by atoms with Gasteiger partial charge in [-0.3, -0.25) is 0 Å². The number of hydrogen-bond donors (Lipinski definition) is 1. The topological polar surface area (TPSA) is 12.0 Å². The van der Waals surface area contributed by atoms with E-state index in [-0.39, 0.29) is 0 Å². The van der Waals surface area contributed by atoms with Gasteiger partial charge in [0.2, 0.25) is 0 Å². The minimum absolute atomic E-state index is 0.359. The summed E-state index contributed by atoms with van der Waals surface area (Å²) in [5.41, 5.74) is 3.17. The Labute approximate surface area is 106 Å². The third kappa shape index (κ3) is 3.85. The van der Waals surface area contributed by atoms with Gasteiger partial charge in [-0.2, -0.15) is 0 Å². The van der Waals surface area contributed by atoms with Gasteiger partial charge in [-0.05, 0) is 36.7 Å². The van der Waals surface area contributed by atoms with Crippen LogP contribution in [0, 0.1) is 18.3 Å². The van der Waals surface area contributed by atoms with Crippen molar-refractivity contribution in [2.75, 3.05) is 6.54 Å². The first-order chi connectivity index (χ1) is 7.96. The molecule has 0 aliphatic heterocycles. The van der Waals surface area contributed by atoms with E-state index in [1.54, 1.807) is 0 Å². The molecule has 0 heterocycles. The molecule has 94 valence electrons. The van der Waals surface area contributed by atoms with Crippen LogP contribution in [0.3, 0.4) is 0 Å². The van der Waals surface area contributed by atoms with Gasteiger partial charge < -0.3 is 5.32 Å². The third-order valence-electron chi connectivity index (χ3n) is 3.38. The van der Waals surface area contributed by atoms with Crippen molar-refractivity contribution in [3.8, 4) is 0 Å². The molecule has 1 aromatic rings. The first-order valence-corrected chi connectivity index (χ1v) is 6.76. The van der Waals surface area contributed by atoms with Crippen LogP contribution in [0.15, 0.2) is 24.3 Å². The van der Waals surface area contributed by atoms with Gasteiger partial charge in [0.25, 0.3) is 0 Å². The van der Waals surface area contributed by atoms with E-state index in [0.717, 1.165) is 12.5 Å². The molecule has 1 aromatic carbocycles. The lowest BCUT2D eigenvalue weighted by molar-refractivity contribution is 0.339. The molecule has 0 spiro atoms. The van der Waals surface area contributed by atoms with Gasteiger partial charge in [0.15, 0.2) is 0 Å². The first kappa shape index (κ1) is 12.6. The Balaban J connectivity index is 2.04. The van der Waals surface area contributed by atoms with E-state index in [2.05, 4.69) is 57.3 Å². The standard InChI is InChI=1S/C16H25N/c1-12-5-7-13(8-6-12)15(14-9-10-14)17-11-16(2,3)4/h5-8,14-15,17H,9-11H2,1-4H3. The zero-order valence-electron chi connectivity index (χ0n) is 11.6. The summed E-state index contributed by atoms with van der Waals surface area (Å²) < 4.78 is 0. The minimum atomic E-state index is 0.359. The predicted molar refractivity (Wildman–Crippen MR) is 74.1 cm³/mol. The number of aryl methyl sites for hydroxylation is 1. The van der Waals surface area contributed by atoms with Crippen LogP contribution in [0.1, 0.15) is 50.8 Å². The maximum Gasteiger partial charge on any atom is 0.0348 e. The molecule has 2 rings (SSSR count). The van der Waals surface area contributed by atoms with Gasteiger partial charge in [0, 0.05) is 12.6 Å². The van der Waals surface area contributed by atoms with Gasteiger partial charge in [0.1, 0.15) is 0 Å². The molecule has 1 atom stereocenters. The fourth-order valence-electron chi connectivity index (χ4n) is 2.18. The van der Waals surface area contributed by atoms with E-state index in [4.69, 9.17) is 0 Å². The summed E-state index contributed by atoms with van der Waals surface area (Å²) >= 11 is 0. The summed E-state index contributed by atoms with van der Waals surface area (Å²) in [6, 6.07) is 9.59. The van der Waals surface area contributed by atoms with Gasteiger partial charge in [0.05, 0.1) is 0 Å². The van der Waals surface area contributed by atoms with Crippen LogP contribution in [0.2, 0.25) is 0 Å². The highest BCUT2D eigenvalue weighted by molar-refractivity contribution is 5.25. The molecule has 1 heteroatoms. The Morgan fingerprint density at radius 1 is 1.18 bits per heavy atom. The molecular weight excluding hydrogens is 206 g/mol. The van der Waals surface area contributed by atoms with Crippen LogP contribution in [0.4, 0.5) is 0 Å². The quantitative estimate of drug-likeness (QED) is 0.823. The minimum Gasteiger partial charge on any atom is -0.309 e. The smallest absolute Gasteiger partial charge is 0.0348 e. The van der Waals surface area contributed by atoms with Crippen molar-refractivity contribution in [1.29, 1.82) is 0 Å². The van der Waals surface area contributed by atoms with E-state index in [1.807, 2.05) is 0 Å². The van der Waals surface area contributed by atoms with Gasteiger partial charge in [-0.15, -0.1) is 0 Å². The van der Waals surface area contributed by atoms with Crippen LogP contribution in [-0.2, 0) is 0 Å². The van der Waals surface area contributed by atoms with Gasteiger partial charge in [-0.25, -0.2) is 0 Å². The van der Waals surface area contributed by atoms with E-state index in [9.17, 15) is 0 Å². The predicted octanol–water partition coefficient (Wildman–Crippen LogP) is 4.08. The molecule has 1 fully saturated rings. The van der Waals surface area contributed by atoms with Gasteiger partial charge >= 0.3 is 0 Å². The normalized spacial score (nSPS) is 18.1. The number of hydrogen-bond acceptors (Lipinski definition) is 1. The van der Waals surface area contributed by atoms with Crippen LogP contribution in [0.25, 0.3) is 0 Å². The zero-order chi connectivity index (χ0) is 12.5. The van der Waals surface area contributed by atoms with Crippen molar-refractivity contribution in [2.24, 2.45) is 11.3 Å². The Bertz CT molecular complexity index is 354. The molecule has 1 saturated carbocycles. The summed E-state index contributed by atoms with van der Waals surface area (Å²) in [5.74, 6) is 0.861. The molecule has 1 nitrogen and oxygen atoms in total. The molecule has 0 radical (unpaired) electrons. The summed E-state index contributed by atoms with van der Waals surface area (Å²) in [6.45, 7) is 10.1. The highest BCUT2D eigenvalue weighted by atomic mass is 14.9. The van der Waals surface area contributed by atoms with E-state index in [1.165, 1.54) is 24.0 Å². The maximum absolute atomic E-state index is 3.76. The molecule has 1 aliphatic carbocycles. The van der Waals surface area contributed by atoms with Crippen LogP contribution in [0.5, 0.6) is 0 Å². The summed E-state index contributed by atoms with van der Waals surface area (Å²) in [7, 11) is 0. The average Bonchev–Trinajstić information content (AvgIpc) is 3.03. The van der Waals surface area contributed by atoms with Crippen LogP contribution in [-0.4, -0.2) is 6.54 Å². The van der Waals surface area contributed by atoms with E-state index >= 15 is 0 Å². The van der Waals surface area contributed by atoms with Crippen molar-refractivity contribution < 1.29 is 0 Å².